The predicted molar refractivity (Wildman–Crippen MR) is 79.7 cm³/mol. The van der Waals surface area contributed by atoms with Crippen molar-refractivity contribution in [2.45, 2.75) is 46.6 Å². The fraction of sp³-hybridized carbons (Fsp3) is 1.00. The van der Waals surface area contributed by atoms with Crippen molar-refractivity contribution in [1.29, 1.82) is 0 Å². The Morgan fingerprint density at radius 2 is 1.68 bits per heavy atom. The third-order valence-corrected chi connectivity index (χ3v) is 2.98. The molecule has 0 aliphatic carbocycles. The number of rotatable bonds is 12. The maximum atomic E-state index is 5.71. The molecule has 0 heterocycles. The second-order valence-corrected chi connectivity index (χ2v) is 5.91. The molecule has 0 spiro atoms. The van der Waals surface area contributed by atoms with Gasteiger partial charge in [0, 0.05) is 26.4 Å². The van der Waals surface area contributed by atoms with Crippen LogP contribution in [0, 0.1) is 5.41 Å². The Kier molecular flexibility index (Phi) is 11.6. The van der Waals surface area contributed by atoms with Crippen LogP contribution in [0.5, 0.6) is 0 Å². The lowest BCUT2D eigenvalue weighted by Gasteiger charge is -2.31. The van der Waals surface area contributed by atoms with Crippen molar-refractivity contribution >= 4 is 0 Å². The SMILES string of the molecule is CCCNC(COCCOCCCOC)C(C)(C)C. The second-order valence-electron chi connectivity index (χ2n) is 5.91. The van der Waals surface area contributed by atoms with E-state index < -0.39 is 0 Å². The Morgan fingerprint density at radius 3 is 2.26 bits per heavy atom. The molecule has 4 nitrogen and oxygen atoms in total. The third-order valence-electron chi connectivity index (χ3n) is 2.98. The Hall–Kier alpha value is -0.160. The molecule has 0 aromatic heterocycles. The molecule has 1 atom stereocenters. The van der Waals surface area contributed by atoms with E-state index in [-0.39, 0.29) is 5.41 Å². The van der Waals surface area contributed by atoms with Crippen LogP contribution in [-0.4, -0.2) is 52.7 Å². The monoisotopic (exact) mass is 275 g/mol. The van der Waals surface area contributed by atoms with Crippen molar-refractivity contribution in [2.75, 3.05) is 46.7 Å². The quantitative estimate of drug-likeness (QED) is 0.555. The van der Waals surface area contributed by atoms with E-state index in [9.17, 15) is 0 Å². The normalized spacial score (nSPS) is 13.7. The van der Waals surface area contributed by atoms with Gasteiger partial charge in [-0.05, 0) is 24.8 Å². The number of methoxy groups -OCH3 is 1. The summed E-state index contributed by atoms with van der Waals surface area (Å²) in [6.45, 7) is 13.5. The molecule has 0 aromatic carbocycles. The lowest BCUT2D eigenvalue weighted by atomic mass is 9.87. The lowest BCUT2D eigenvalue weighted by Crippen LogP contribution is -2.44. The number of hydrogen-bond acceptors (Lipinski definition) is 4. The molecule has 19 heavy (non-hydrogen) atoms. The van der Waals surface area contributed by atoms with Gasteiger partial charge in [-0.3, -0.25) is 0 Å². The van der Waals surface area contributed by atoms with Gasteiger partial charge >= 0.3 is 0 Å². The summed E-state index contributed by atoms with van der Waals surface area (Å²) < 4.78 is 16.1. The average molecular weight is 275 g/mol. The summed E-state index contributed by atoms with van der Waals surface area (Å²) in [6, 6.07) is 0.390. The smallest absolute Gasteiger partial charge is 0.0701 e. The molecule has 1 N–H and O–H groups in total. The van der Waals surface area contributed by atoms with Crippen LogP contribution in [0.1, 0.15) is 40.5 Å². The van der Waals surface area contributed by atoms with Gasteiger partial charge in [-0.25, -0.2) is 0 Å². The molecule has 0 amide bonds. The Balaban J connectivity index is 3.58. The van der Waals surface area contributed by atoms with Crippen LogP contribution in [0.25, 0.3) is 0 Å². The summed E-state index contributed by atoms with van der Waals surface area (Å²) in [5.41, 5.74) is 0.217. The van der Waals surface area contributed by atoms with E-state index in [0.717, 1.165) is 39.2 Å². The third kappa shape index (κ3) is 11.4. The molecular formula is C15H33NO3. The predicted octanol–water partition coefficient (Wildman–Crippen LogP) is 2.47. The standard InChI is InChI=1S/C15H33NO3/c1-6-8-16-14(15(2,3)4)13-19-12-11-18-10-7-9-17-5/h14,16H,6-13H2,1-5H3. The average Bonchev–Trinajstić information content (AvgIpc) is 2.34. The summed E-state index contributed by atoms with van der Waals surface area (Å²) in [5, 5.41) is 3.55. The summed E-state index contributed by atoms with van der Waals surface area (Å²) in [5.74, 6) is 0. The molecule has 0 radical (unpaired) electrons. The molecule has 0 bridgehead atoms. The van der Waals surface area contributed by atoms with Gasteiger partial charge in [0.25, 0.3) is 0 Å². The van der Waals surface area contributed by atoms with E-state index in [4.69, 9.17) is 14.2 Å². The van der Waals surface area contributed by atoms with Crippen molar-refractivity contribution in [3.8, 4) is 0 Å². The highest BCUT2D eigenvalue weighted by molar-refractivity contribution is 4.79. The largest absolute Gasteiger partial charge is 0.385 e. The lowest BCUT2D eigenvalue weighted by molar-refractivity contribution is 0.0202. The zero-order valence-corrected chi connectivity index (χ0v) is 13.5. The molecule has 116 valence electrons. The fourth-order valence-electron chi connectivity index (χ4n) is 1.66. The van der Waals surface area contributed by atoms with Gasteiger partial charge in [-0.1, -0.05) is 27.7 Å². The Morgan fingerprint density at radius 1 is 1.00 bits per heavy atom. The van der Waals surface area contributed by atoms with Gasteiger partial charge in [-0.2, -0.15) is 0 Å². The number of nitrogens with one attached hydrogen (secondary N) is 1. The minimum Gasteiger partial charge on any atom is -0.385 e. The van der Waals surface area contributed by atoms with Crippen LogP contribution in [0.3, 0.4) is 0 Å². The Labute approximate surface area is 119 Å². The summed E-state index contributed by atoms with van der Waals surface area (Å²) in [7, 11) is 1.71. The van der Waals surface area contributed by atoms with Gasteiger partial charge in [0.1, 0.15) is 0 Å². The molecule has 0 saturated carbocycles. The van der Waals surface area contributed by atoms with Crippen LogP contribution in [0.4, 0.5) is 0 Å². The minimum atomic E-state index is 0.217. The Bertz CT molecular complexity index is 192. The molecular weight excluding hydrogens is 242 g/mol. The van der Waals surface area contributed by atoms with Crippen molar-refractivity contribution in [3.63, 3.8) is 0 Å². The van der Waals surface area contributed by atoms with E-state index in [2.05, 4.69) is 33.0 Å². The van der Waals surface area contributed by atoms with Crippen molar-refractivity contribution in [1.82, 2.24) is 5.32 Å². The van der Waals surface area contributed by atoms with Crippen LogP contribution in [-0.2, 0) is 14.2 Å². The minimum absolute atomic E-state index is 0.217. The summed E-state index contributed by atoms with van der Waals surface area (Å²) in [6.07, 6.45) is 2.09. The fourth-order valence-corrected chi connectivity index (χ4v) is 1.66. The number of ether oxygens (including phenoxy) is 3. The van der Waals surface area contributed by atoms with Gasteiger partial charge in [-0.15, -0.1) is 0 Å². The molecule has 0 aromatic rings. The highest BCUT2D eigenvalue weighted by atomic mass is 16.5. The topological polar surface area (TPSA) is 39.7 Å². The molecule has 0 fully saturated rings. The number of hydrogen-bond donors (Lipinski definition) is 1. The van der Waals surface area contributed by atoms with E-state index in [1.165, 1.54) is 0 Å². The first kappa shape index (κ1) is 18.8. The first-order valence-electron chi connectivity index (χ1n) is 7.40. The van der Waals surface area contributed by atoms with Crippen LogP contribution in [0.2, 0.25) is 0 Å². The molecule has 4 heteroatoms. The van der Waals surface area contributed by atoms with Gasteiger partial charge in [0.2, 0.25) is 0 Å². The maximum Gasteiger partial charge on any atom is 0.0701 e. The highest BCUT2D eigenvalue weighted by Gasteiger charge is 2.23. The maximum absolute atomic E-state index is 5.71. The van der Waals surface area contributed by atoms with E-state index in [0.29, 0.717) is 19.3 Å². The molecule has 0 aliphatic rings. The first-order valence-corrected chi connectivity index (χ1v) is 7.40. The first-order chi connectivity index (χ1) is 9.02. The zero-order chi connectivity index (χ0) is 14.6. The van der Waals surface area contributed by atoms with Crippen LogP contribution in [0.15, 0.2) is 0 Å². The van der Waals surface area contributed by atoms with Crippen LogP contribution >= 0.6 is 0 Å². The van der Waals surface area contributed by atoms with Gasteiger partial charge in [0.15, 0.2) is 0 Å². The molecule has 1 unspecified atom stereocenters. The summed E-state index contributed by atoms with van der Waals surface area (Å²) >= 11 is 0. The molecule has 0 aliphatic heterocycles. The molecule has 0 saturated heterocycles. The van der Waals surface area contributed by atoms with Crippen LogP contribution < -0.4 is 5.32 Å². The van der Waals surface area contributed by atoms with E-state index in [1.807, 2.05) is 0 Å². The van der Waals surface area contributed by atoms with Gasteiger partial charge in [0.05, 0.1) is 19.8 Å². The van der Waals surface area contributed by atoms with Crippen molar-refractivity contribution in [2.24, 2.45) is 5.41 Å². The van der Waals surface area contributed by atoms with Crippen molar-refractivity contribution < 1.29 is 14.2 Å². The summed E-state index contributed by atoms with van der Waals surface area (Å²) in [4.78, 5) is 0. The zero-order valence-electron chi connectivity index (χ0n) is 13.5. The van der Waals surface area contributed by atoms with Gasteiger partial charge < -0.3 is 19.5 Å². The van der Waals surface area contributed by atoms with Crippen molar-refractivity contribution in [3.05, 3.63) is 0 Å². The van der Waals surface area contributed by atoms with E-state index >= 15 is 0 Å². The second kappa shape index (κ2) is 11.6. The molecule has 0 rings (SSSR count). The highest BCUT2D eigenvalue weighted by Crippen LogP contribution is 2.19. The van der Waals surface area contributed by atoms with E-state index in [1.54, 1.807) is 7.11 Å².